The quantitative estimate of drug-likeness (QED) is 0.852. The van der Waals surface area contributed by atoms with Crippen LogP contribution in [-0.2, 0) is 4.79 Å². The Morgan fingerprint density at radius 2 is 1.88 bits per heavy atom. The molecule has 2 atom stereocenters. The number of carbonyl (C=O) groups excluding carboxylic acids is 2. The van der Waals surface area contributed by atoms with Crippen LogP contribution in [0.25, 0.3) is 5.69 Å². The van der Waals surface area contributed by atoms with Crippen molar-refractivity contribution in [2.75, 3.05) is 13.1 Å². The van der Waals surface area contributed by atoms with Crippen LogP contribution in [0.2, 0.25) is 0 Å². The first-order valence-corrected chi connectivity index (χ1v) is 8.34. The molecule has 0 radical (unpaired) electrons. The van der Waals surface area contributed by atoms with Crippen molar-refractivity contribution in [3.8, 4) is 5.69 Å². The van der Waals surface area contributed by atoms with Gasteiger partial charge in [-0.1, -0.05) is 25.1 Å². The maximum absolute atomic E-state index is 12.8. The molecule has 1 aromatic heterocycles. The van der Waals surface area contributed by atoms with Gasteiger partial charge in [0.25, 0.3) is 11.8 Å². The Morgan fingerprint density at radius 3 is 2.50 bits per heavy atom. The van der Waals surface area contributed by atoms with Gasteiger partial charge in [-0.2, -0.15) is 5.10 Å². The maximum Gasteiger partial charge on any atom is 0.308 e. The first kappa shape index (κ1) is 17.7. The molecule has 3 rings (SSSR count). The predicted molar refractivity (Wildman–Crippen MR) is 92.9 cm³/mol. The number of aliphatic carboxylic acids is 1. The average molecular weight is 356 g/mol. The second-order valence-electron chi connectivity index (χ2n) is 6.61. The van der Waals surface area contributed by atoms with Crippen LogP contribution in [0.15, 0.2) is 36.4 Å². The van der Waals surface area contributed by atoms with E-state index in [1.165, 1.54) is 15.6 Å². The van der Waals surface area contributed by atoms with Crippen molar-refractivity contribution in [3.05, 3.63) is 47.8 Å². The molecule has 1 aliphatic rings. The van der Waals surface area contributed by atoms with Crippen molar-refractivity contribution in [2.45, 2.75) is 13.3 Å². The summed E-state index contributed by atoms with van der Waals surface area (Å²) in [7, 11) is 0. The zero-order valence-corrected chi connectivity index (χ0v) is 14.3. The van der Waals surface area contributed by atoms with E-state index in [2.05, 4.69) is 5.10 Å². The Balaban J connectivity index is 1.93. The third kappa shape index (κ3) is 3.44. The number of nitrogens with zero attached hydrogens (tertiary/aromatic N) is 3. The van der Waals surface area contributed by atoms with E-state index < -0.39 is 23.7 Å². The van der Waals surface area contributed by atoms with Crippen molar-refractivity contribution >= 4 is 17.8 Å². The minimum atomic E-state index is -0.915. The van der Waals surface area contributed by atoms with E-state index in [1.54, 1.807) is 24.3 Å². The van der Waals surface area contributed by atoms with Gasteiger partial charge in [0.15, 0.2) is 5.69 Å². The summed E-state index contributed by atoms with van der Waals surface area (Å²) in [6, 6.07) is 10.2. The van der Waals surface area contributed by atoms with Gasteiger partial charge in [-0.05, 0) is 24.5 Å². The van der Waals surface area contributed by atoms with Crippen molar-refractivity contribution in [1.82, 2.24) is 14.7 Å². The van der Waals surface area contributed by atoms with E-state index in [1.807, 2.05) is 13.0 Å². The number of hydrogen-bond donors (Lipinski definition) is 2. The number of likely N-dealkylation sites (tertiary alicyclic amines) is 1. The smallest absolute Gasteiger partial charge is 0.308 e. The SMILES string of the molecule is CC1CC(C(=O)O)CN(C(=O)c2cc(C(N)=O)n(-c3ccccc3)n2)C1. The number of amides is 2. The van der Waals surface area contributed by atoms with Crippen LogP contribution in [0.1, 0.15) is 34.3 Å². The highest BCUT2D eigenvalue weighted by Gasteiger charge is 2.33. The van der Waals surface area contributed by atoms with E-state index in [4.69, 9.17) is 5.73 Å². The number of hydrogen-bond acceptors (Lipinski definition) is 4. The minimum absolute atomic E-state index is 0.0700. The van der Waals surface area contributed by atoms with Gasteiger partial charge >= 0.3 is 5.97 Å². The fourth-order valence-corrected chi connectivity index (χ4v) is 3.29. The summed E-state index contributed by atoms with van der Waals surface area (Å²) >= 11 is 0. The lowest BCUT2D eigenvalue weighted by Gasteiger charge is -2.34. The molecule has 26 heavy (non-hydrogen) atoms. The van der Waals surface area contributed by atoms with Crippen LogP contribution in [-0.4, -0.2) is 50.7 Å². The zero-order chi connectivity index (χ0) is 18.8. The molecule has 2 heterocycles. The summed E-state index contributed by atoms with van der Waals surface area (Å²) in [5.41, 5.74) is 6.20. The van der Waals surface area contributed by atoms with Crippen LogP contribution in [0.4, 0.5) is 0 Å². The normalized spacial score (nSPS) is 20.0. The Bertz CT molecular complexity index is 846. The van der Waals surface area contributed by atoms with Gasteiger partial charge in [0.05, 0.1) is 11.6 Å². The summed E-state index contributed by atoms with van der Waals surface area (Å²) in [4.78, 5) is 37.4. The van der Waals surface area contributed by atoms with Crippen molar-refractivity contribution in [3.63, 3.8) is 0 Å². The van der Waals surface area contributed by atoms with Gasteiger partial charge in [-0.25, -0.2) is 4.68 Å². The molecule has 2 amide bonds. The molecule has 2 unspecified atom stereocenters. The number of piperidine rings is 1. The van der Waals surface area contributed by atoms with E-state index in [0.717, 1.165) is 0 Å². The maximum atomic E-state index is 12.8. The molecular weight excluding hydrogens is 336 g/mol. The molecular formula is C18H20N4O4. The molecule has 136 valence electrons. The lowest BCUT2D eigenvalue weighted by atomic mass is 9.90. The molecule has 0 aliphatic carbocycles. The van der Waals surface area contributed by atoms with Gasteiger partial charge in [-0.3, -0.25) is 14.4 Å². The molecule has 3 N–H and O–H groups in total. The highest BCUT2D eigenvalue weighted by molar-refractivity contribution is 5.98. The van der Waals surface area contributed by atoms with E-state index in [-0.39, 0.29) is 23.9 Å². The summed E-state index contributed by atoms with van der Waals surface area (Å²) in [5.74, 6) is -2.55. The summed E-state index contributed by atoms with van der Waals surface area (Å²) in [6.07, 6.45) is 0.532. The monoisotopic (exact) mass is 356 g/mol. The topological polar surface area (TPSA) is 119 Å². The third-order valence-corrected chi connectivity index (χ3v) is 4.48. The lowest BCUT2D eigenvalue weighted by molar-refractivity contribution is -0.143. The number of aromatic nitrogens is 2. The Labute approximate surface area is 150 Å². The van der Waals surface area contributed by atoms with Crippen LogP contribution in [0.5, 0.6) is 0 Å². The van der Waals surface area contributed by atoms with Crippen LogP contribution in [0.3, 0.4) is 0 Å². The molecule has 2 aromatic rings. The number of benzene rings is 1. The molecule has 1 aliphatic heterocycles. The Morgan fingerprint density at radius 1 is 1.19 bits per heavy atom. The molecule has 0 bridgehead atoms. The second-order valence-corrected chi connectivity index (χ2v) is 6.61. The predicted octanol–water partition coefficient (Wildman–Crippen LogP) is 1.15. The fraction of sp³-hybridized carbons (Fsp3) is 0.333. The van der Waals surface area contributed by atoms with Gasteiger partial charge in [0.2, 0.25) is 0 Å². The number of carbonyl (C=O) groups is 3. The first-order chi connectivity index (χ1) is 12.4. The Kier molecular flexibility index (Phi) is 4.75. The van der Waals surface area contributed by atoms with E-state index >= 15 is 0 Å². The zero-order valence-electron chi connectivity index (χ0n) is 14.3. The largest absolute Gasteiger partial charge is 0.481 e. The molecule has 1 aromatic carbocycles. The fourth-order valence-electron chi connectivity index (χ4n) is 3.29. The first-order valence-electron chi connectivity index (χ1n) is 8.34. The molecule has 0 spiro atoms. The number of carboxylic acid groups (broad SMARTS) is 1. The standard InChI is InChI=1S/C18H20N4O4/c1-11-7-12(18(25)26)10-21(9-11)17(24)14-8-15(16(19)23)22(20-14)13-5-3-2-4-6-13/h2-6,8,11-12H,7,9-10H2,1H3,(H2,19,23)(H,25,26). The molecule has 0 saturated carbocycles. The summed E-state index contributed by atoms with van der Waals surface area (Å²) in [6.45, 7) is 2.49. The lowest BCUT2D eigenvalue weighted by Crippen LogP contribution is -2.45. The number of rotatable bonds is 4. The number of primary amides is 1. The minimum Gasteiger partial charge on any atom is -0.481 e. The number of para-hydroxylation sites is 1. The summed E-state index contributed by atoms with van der Waals surface area (Å²) in [5, 5.41) is 13.5. The second kappa shape index (κ2) is 6.99. The van der Waals surface area contributed by atoms with Crippen LogP contribution < -0.4 is 5.73 Å². The average Bonchev–Trinajstić information content (AvgIpc) is 3.07. The Hall–Kier alpha value is -3.16. The van der Waals surface area contributed by atoms with Gasteiger partial charge in [0, 0.05) is 19.2 Å². The van der Waals surface area contributed by atoms with E-state index in [0.29, 0.717) is 18.7 Å². The van der Waals surface area contributed by atoms with Crippen molar-refractivity contribution in [1.29, 1.82) is 0 Å². The van der Waals surface area contributed by atoms with Gasteiger partial charge < -0.3 is 15.7 Å². The highest BCUT2D eigenvalue weighted by Crippen LogP contribution is 2.23. The number of nitrogens with two attached hydrogens (primary N) is 1. The van der Waals surface area contributed by atoms with Crippen molar-refractivity contribution < 1.29 is 19.5 Å². The molecule has 1 saturated heterocycles. The van der Waals surface area contributed by atoms with Gasteiger partial charge in [-0.15, -0.1) is 0 Å². The molecule has 8 heteroatoms. The van der Waals surface area contributed by atoms with Crippen molar-refractivity contribution in [2.24, 2.45) is 17.6 Å². The number of carboxylic acids is 1. The summed E-state index contributed by atoms with van der Waals surface area (Å²) < 4.78 is 1.33. The highest BCUT2D eigenvalue weighted by atomic mass is 16.4. The van der Waals surface area contributed by atoms with Gasteiger partial charge in [0.1, 0.15) is 5.69 Å². The molecule has 8 nitrogen and oxygen atoms in total. The molecule has 1 fully saturated rings. The van der Waals surface area contributed by atoms with Crippen LogP contribution in [0, 0.1) is 11.8 Å². The van der Waals surface area contributed by atoms with E-state index in [9.17, 15) is 19.5 Å². The third-order valence-electron chi connectivity index (χ3n) is 4.48. The van der Waals surface area contributed by atoms with Crippen LogP contribution >= 0.6 is 0 Å².